The molecule has 6 heteroatoms. The van der Waals surface area contributed by atoms with Crippen LogP contribution >= 0.6 is 0 Å². The number of hydrogen-bond donors (Lipinski definition) is 1. The molecular weight excluding hydrogens is 418 g/mol. The molecule has 1 N–H and O–H groups in total. The molecule has 0 saturated heterocycles. The molecule has 0 radical (unpaired) electrons. The second-order valence-electron chi connectivity index (χ2n) is 8.25. The predicted molar refractivity (Wildman–Crippen MR) is 125 cm³/mol. The van der Waals surface area contributed by atoms with Crippen LogP contribution in [0.1, 0.15) is 55.8 Å². The molecule has 0 bridgehead atoms. The van der Waals surface area contributed by atoms with Gasteiger partial charge in [-0.25, -0.2) is 0 Å². The van der Waals surface area contributed by atoms with Crippen LogP contribution < -0.4 is 4.74 Å². The zero-order valence-electron chi connectivity index (χ0n) is 19.5. The molecule has 33 heavy (non-hydrogen) atoms. The van der Waals surface area contributed by atoms with Crippen LogP contribution in [-0.4, -0.2) is 34.5 Å². The lowest BCUT2D eigenvalue weighted by Crippen LogP contribution is -2.32. The summed E-state index contributed by atoms with van der Waals surface area (Å²) in [5.74, 6) is -0.358. The molecule has 1 fully saturated rings. The largest absolute Gasteiger partial charge is 0.493 e. The molecule has 1 saturated carbocycles. The Labute approximate surface area is 195 Å². The van der Waals surface area contributed by atoms with Gasteiger partial charge >= 0.3 is 5.97 Å². The molecule has 1 unspecified atom stereocenters. The predicted octanol–water partition coefficient (Wildman–Crippen LogP) is 5.78. The molecule has 2 aromatic carbocycles. The van der Waals surface area contributed by atoms with Gasteiger partial charge in [0.1, 0.15) is 5.75 Å². The Balaban J connectivity index is 1.44. The summed E-state index contributed by atoms with van der Waals surface area (Å²) in [4.78, 5) is 25.7. The van der Waals surface area contributed by atoms with Crippen LogP contribution in [0.3, 0.4) is 0 Å². The molecule has 1 atom stereocenters. The van der Waals surface area contributed by atoms with Gasteiger partial charge in [0, 0.05) is 35.7 Å². The molecular formula is C27H29NO5. The Bertz CT molecular complexity index is 1090. The van der Waals surface area contributed by atoms with Gasteiger partial charge < -0.3 is 19.2 Å². The number of ether oxygens (including phenoxy) is 1. The van der Waals surface area contributed by atoms with E-state index in [1.54, 1.807) is 29.6 Å². The molecule has 172 valence electrons. The van der Waals surface area contributed by atoms with Crippen LogP contribution in [0.5, 0.6) is 5.75 Å². The van der Waals surface area contributed by atoms with Gasteiger partial charge in [-0.1, -0.05) is 30.3 Å². The minimum atomic E-state index is -0.878. The summed E-state index contributed by atoms with van der Waals surface area (Å²) in [6, 6.07) is 16.7. The van der Waals surface area contributed by atoms with Crippen LogP contribution in [0.4, 0.5) is 0 Å². The Morgan fingerprint density at radius 3 is 2.52 bits per heavy atom. The fourth-order valence-electron chi connectivity index (χ4n) is 3.67. The van der Waals surface area contributed by atoms with Crippen molar-refractivity contribution in [2.75, 3.05) is 6.61 Å². The van der Waals surface area contributed by atoms with Crippen molar-refractivity contribution < 1.29 is 25.2 Å². The van der Waals surface area contributed by atoms with Crippen LogP contribution in [0, 0.1) is 0 Å². The summed E-state index contributed by atoms with van der Waals surface area (Å²) in [5, 5.41) is 8.74. The Kier molecular flexibility index (Phi) is 7.01. The van der Waals surface area contributed by atoms with E-state index in [4.69, 9.17) is 15.6 Å². The monoisotopic (exact) mass is 448 g/mol. The first-order valence-corrected chi connectivity index (χ1v) is 11.4. The zero-order valence-corrected chi connectivity index (χ0v) is 18.5. The molecule has 6 nitrogen and oxygen atoms in total. The zero-order chi connectivity index (χ0) is 23.9. The number of carbonyl (C=O) groups excluding carboxylic acids is 1. The van der Waals surface area contributed by atoms with Crippen molar-refractivity contribution in [3.63, 3.8) is 0 Å². The SMILES string of the molecule is [2H]C(c1ccccc1OCCCCCC(=O)O)N(C(=O)c1ccc(-c2ccoc2)cc1)C1CC1. The highest BCUT2D eigenvalue weighted by atomic mass is 16.5. The standard InChI is InChI=1S/C27H29NO5/c29-26(30)8-2-1-5-16-33-25-7-4-3-6-22(25)18-28(24-13-14-24)27(31)21-11-9-20(10-12-21)23-15-17-32-19-23/h3-4,6-7,9-12,15,17,19,24H,1-2,5,8,13-14,16,18H2,(H,29,30)/i18D. The van der Waals surface area contributed by atoms with Crippen LogP contribution in [-0.2, 0) is 11.3 Å². The van der Waals surface area contributed by atoms with E-state index in [1.807, 2.05) is 42.5 Å². The molecule has 1 amide bonds. The third-order valence-corrected chi connectivity index (χ3v) is 5.65. The van der Waals surface area contributed by atoms with E-state index in [-0.39, 0.29) is 18.4 Å². The van der Waals surface area contributed by atoms with Crippen molar-refractivity contribution >= 4 is 11.9 Å². The lowest BCUT2D eigenvalue weighted by Gasteiger charge is -2.24. The number of para-hydroxylation sites is 1. The number of benzene rings is 2. The van der Waals surface area contributed by atoms with Gasteiger partial charge in [-0.3, -0.25) is 9.59 Å². The van der Waals surface area contributed by atoms with Crippen molar-refractivity contribution in [2.45, 2.75) is 51.1 Å². The maximum absolute atomic E-state index is 13.4. The third kappa shape index (κ3) is 6.25. The minimum Gasteiger partial charge on any atom is -0.493 e. The van der Waals surface area contributed by atoms with E-state index in [0.29, 0.717) is 29.9 Å². The van der Waals surface area contributed by atoms with E-state index in [2.05, 4.69) is 0 Å². The van der Waals surface area contributed by atoms with Crippen molar-refractivity contribution in [1.82, 2.24) is 4.90 Å². The van der Waals surface area contributed by atoms with Gasteiger partial charge in [0.25, 0.3) is 5.91 Å². The fourth-order valence-corrected chi connectivity index (χ4v) is 3.67. The number of rotatable bonds is 12. The van der Waals surface area contributed by atoms with Crippen LogP contribution in [0.15, 0.2) is 71.5 Å². The maximum Gasteiger partial charge on any atom is 0.303 e. The first-order valence-electron chi connectivity index (χ1n) is 11.9. The van der Waals surface area contributed by atoms with Crippen LogP contribution in [0.25, 0.3) is 11.1 Å². The summed E-state index contributed by atoms with van der Waals surface area (Å²) in [5.41, 5.74) is 3.12. The van der Waals surface area contributed by atoms with Gasteiger partial charge in [0.15, 0.2) is 0 Å². The highest BCUT2D eigenvalue weighted by molar-refractivity contribution is 5.95. The summed E-state index contributed by atoms with van der Waals surface area (Å²) >= 11 is 0. The van der Waals surface area contributed by atoms with Gasteiger partial charge in [-0.15, -0.1) is 0 Å². The van der Waals surface area contributed by atoms with Crippen molar-refractivity contribution in [3.8, 4) is 16.9 Å². The molecule has 3 aromatic rings. The number of aliphatic carboxylic acids is 1. The Morgan fingerprint density at radius 2 is 1.82 bits per heavy atom. The molecule has 1 heterocycles. The molecule has 0 spiro atoms. The summed E-state index contributed by atoms with van der Waals surface area (Å²) in [6.07, 6.45) is 7.33. The number of nitrogens with zero attached hydrogens (tertiary/aromatic N) is 1. The highest BCUT2D eigenvalue weighted by Crippen LogP contribution is 2.32. The van der Waals surface area contributed by atoms with E-state index in [9.17, 15) is 9.59 Å². The Morgan fingerprint density at radius 1 is 1.03 bits per heavy atom. The maximum atomic E-state index is 13.4. The lowest BCUT2D eigenvalue weighted by molar-refractivity contribution is -0.137. The molecule has 1 aliphatic carbocycles. The van der Waals surface area contributed by atoms with Crippen molar-refractivity contribution in [1.29, 1.82) is 0 Å². The quantitative estimate of drug-likeness (QED) is 0.356. The second kappa shape index (κ2) is 10.9. The average Bonchev–Trinajstić information content (AvgIpc) is 3.52. The van der Waals surface area contributed by atoms with Gasteiger partial charge in [-0.2, -0.15) is 0 Å². The first kappa shape index (κ1) is 21.3. The van der Waals surface area contributed by atoms with Gasteiger partial charge in [0.2, 0.25) is 0 Å². The molecule has 0 aliphatic heterocycles. The molecule has 4 rings (SSSR count). The normalized spacial score (nSPS) is 14.4. The van der Waals surface area contributed by atoms with Gasteiger partial charge in [0.05, 0.1) is 20.5 Å². The summed E-state index contributed by atoms with van der Waals surface area (Å²) < 4.78 is 20.0. The summed E-state index contributed by atoms with van der Waals surface area (Å²) in [6.45, 7) is -0.437. The molecule has 1 aromatic heterocycles. The van der Waals surface area contributed by atoms with E-state index >= 15 is 0 Å². The number of carbonyl (C=O) groups is 2. The lowest BCUT2D eigenvalue weighted by atomic mass is 10.1. The third-order valence-electron chi connectivity index (χ3n) is 5.65. The van der Waals surface area contributed by atoms with Crippen LogP contribution in [0.2, 0.25) is 0 Å². The van der Waals surface area contributed by atoms with Crippen molar-refractivity contribution in [3.05, 3.63) is 78.3 Å². The smallest absolute Gasteiger partial charge is 0.303 e. The number of furan rings is 1. The fraction of sp³-hybridized carbons (Fsp3) is 0.333. The Hall–Kier alpha value is -3.54. The number of amides is 1. The first-order chi connectivity index (χ1) is 16.5. The van der Waals surface area contributed by atoms with Crippen molar-refractivity contribution in [2.24, 2.45) is 0 Å². The van der Waals surface area contributed by atoms with E-state index < -0.39 is 12.5 Å². The number of carboxylic acids is 1. The number of unbranched alkanes of at least 4 members (excludes halogenated alkanes) is 2. The van der Waals surface area contributed by atoms with E-state index in [0.717, 1.165) is 36.8 Å². The topological polar surface area (TPSA) is 80.0 Å². The molecule has 1 aliphatic rings. The minimum absolute atomic E-state index is 0.0487. The average molecular weight is 449 g/mol. The summed E-state index contributed by atoms with van der Waals surface area (Å²) in [7, 11) is 0. The second-order valence-corrected chi connectivity index (χ2v) is 8.25. The van der Waals surface area contributed by atoms with E-state index in [1.165, 1.54) is 0 Å². The number of hydrogen-bond acceptors (Lipinski definition) is 4. The highest BCUT2D eigenvalue weighted by Gasteiger charge is 2.33. The number of carboxylic acid groups (broad SMARTS) is 1. The van der Waals surface area contributed by atoms with Gasteiger partial charge in [-0.05, 0) is 61.9 Å².